The molecule has 0 radical (unpaired) electrons. The van der Waals surface area contributed by atoms with Crippen LogP contribution >= 0.6 is 0 Å². The summed E-state index contributed by atoms with van der Waals surface area (Å²) in [5.41, 5.74) is 0.590. The molecule has 1 aliphatic heterocycles. The summed E-state index contributed by atoms with van der Waals surface area (Å²) < 4.78 is 23.2. The minimum atomic E-state index is -3.07. The van der Waals surface area contributed by atoms with E-state index in [1.54, 1.807) is 7.05 Å². The first kappa shape index (κ1) is 18.4. The summed E-state index contributed by atoms with van der Waals surface area (Å²) in [5, 5.41) is 2.82. The highest BCUT2D eigenvalue weighted by Gasteiger charge is 2.33. The zero-order chi connectivity index (χ0) is 17.9. The van der Waals surface area contributed by atoms with Crippen molar-refractivity contribution in [1.82, 2.24) is 15.2 Å². The van der Waals surface area contributed by atoms with Gasteiger partial charge < -0.3 is 10.2 Å². The van der Waals surface area contributed by atoms with Gasteiger partial charge in [0.05, 0.1) is 22.6 Å². The van der Waals surface area contributed by atoms with E-state index in [9.17, 15) is 18.0 Å². The van der Waals surface area contributed by atoms with Gasteiger partial charge in [0.15, 0.2) is 9.84 Å². The van der Waals surface area contributed by atoms with Gasteiger partial charge in [0.25, 0.3) is 11.8 Å². The van der Waals surface area contributed by atoms with Crippen LogP contribution in [0.25, 0.3) is 0 Å². The monoisotopic (exact) mass is 353 g/mol. The second-order valence-corrected chi connectivity index (χ2v) is 8.45. The van der Waals surface area contributed by atoms with Crippen molar-refractivity contribution in [2.75, 3.05) is 18.6 Å². The molecule has 24 heavy (non-hydrogen) atoms. The summed E-state index contributed by atoms with van der Waals surface area (Å²) in [5.74, 6) is -0.526. The normalized spacial score (nSPS) is 20.4. The number of hydrogen-bond acceptors (Lipinski definition) is 5. The van der Waals surface area contributed by atoms with E-state index in [0.717, 1.165) is 6.42 Å². The molecule has 7 nitrogen and oxygen atoms in total. The number of aromatic nitrogens is 1. The van der Waals surface area contributed by atoms with Gasteiger partial charge in [-0.2, -0.15) is 0 Å². The van der Waals surface area contributed by atoms with Crippen molar-refractivity contribution in [2.24, 2.45) is 0 Å². The summed E-state index contributed by atoms with van der Waals surface area (Å²) in [6.07, 6.45) is 4.04. The number of pyridine rings is 1. The molecule has 0 spiro atoms. The molecule has 1 aromatic rings. The predicted molar refractivity (Wildman–Crippen MR) is 90.6 cm³/mol. The number of sulfone groups is 1. The maximum absolute atomic E-state index is 12.6. The predicted octanol–water partition coefficient (Wildman–Crippen LogP) is 0.869. The Morgan fingerprint density at radius 1 is 1.38 bits per heavy atom. The maximum atomic E-state index is 12.6. The number of carbonyl (C=O) groups is 2. The van der Waals surface area contributed by atoms with Crippen molar-refractivity contribution in [2.45, 2.75) is 38.8 Å². The summed E-state index contributed by atoms with van der Waals surface area (Å²) in [6, 6.07) is 1.19. The van der Waals surface area contributed by atoms with Gasteiger partial charge in [0, 0.05) is 31.5 Å². The molecule has 8 heteroatoms. The van der Waals surface area contributed by atoms with Crippen molar-refractivity contribution >= 4 is 21.7 Å². The molecule has 0 aromatic carbocycles. The smallest absolute Gasteiger partial charge is 0.255 e. The Balaban J connectivity index is 2.13. The Morgan fingerprint density at radius 2 is 2.04 bits per heavy atom. The Kier molecular flexibility index (Phi) is 5.58. The van der Waals surface area contributed by atoms with Gasteiger partial charge in [-0.1, -0.05) is 6.92 Å². The molecular formula is C16H23N3O4S. The largest absolute Gasteiger partial charge is 0.350 e. The average Bonchev–Trinajstić information content (AvgIpc) is 2.93. The van der Waals surface area contributed by atoms with Crippen LogP contribution in [0.5, 0.6) is 0 Å². The molecule has 1 N–H and O–H groups in total. The highest BCUT2D eigenvalue weighted by Crippen LogP contribution is 2.18. The molecule has 2 unspecified atom stereocenters. The van der Waals surface area contributed by atoms with Crippen LogP contribution in [0, 0.1) is 0 Å². The van der Waals surface area contributed by atoms with Crippen LogP contribution in [0.2, 0.25) is 0 Å². The van der Waals surface area contributed by atoms with Crippen LogP contribution in [0.4, 0.5) is 0 Å². The molecule has 2 rings (SSSR count). The van der Waals surface area contributed by atoms with Crippen molar-refractivity contribution in [3.05, 3.63) is 29.6 Å². The first-order valence-electron chi connectivity index (χ1n) is 7.97. The molecule has 0 aliphatic carbocycles. The van der Waals surface area contributed by atoms with Crippen molar-refractivity contribution in [3.63, 3.8) is 0 Å². The lowest BCUT2D eigenvalue weighted by atomic mass is 10.1. The first-order chi connectivity index (χ1) is 11.2. The lowest BCUT2D eigenvalue weighted by Crippen LogP contribution is -2.38. The van der Waals surface area contributed by atoms with Gasteiger partial charge in [-0.25, -0.2) is 8.42 Å². The highest BCUT2D eigenvalue weighted by atomic mass is 32.2. The van der Waals surface area contributed by atoms with Crippen LogP contribution in [0.3, 0.4) is 0 Å². The second-order valence-electron chi connectivity index (χ2n) is 6.22. The van der Waals surface area contributed by atoms with Gasteiger partial charge in [-0.3, -0.25) is 14.6 Å². The molecule has 1 fully saturated rings. The topological polar surface area (TPSA) is 96.4 Å². The van der Waals surface area contributed by atoms with Gasteiger partial charge in [0.2, 0.25) is 0 Å². The molecule has 2 heterocycles. The number of carbonyl (C=O) groups excluding carboxylic acids is 2. The minimum Gasteiger partial charge on any atom is -0.350 e. The van der Waals surface area contributed by atoms with Crippen molar-refractivity contribution in [1.29, 1.82) is 0 Å². The molecular weight excluding hydrogens is 330 g/mol. The summed E-state index contributed by atoms with van der Waals surface area (Å²) >= 11 is 0. The highest BCUT2D eigenvalue weighted by molar-refractivity contribution is 7.91. The van der Waals surface area contributed by atoms with Gasteiger partial charge >= 0.3 is 0 Å². The Labute approximate surface area is 142 Å². The standard InChI is InChI=1S/C16H23N3O4S/c1-4-11(2)18-15(20)12-7-13(9-17-8-12)16(21)19(3)14-5-6-24(22,23)10-14/h7-9,11,14H,4-6,10H2,1-3H3,(H,18,20). The first-order valence-corrected chi connectivity index (χ1v) is 9.79. The van der Waals surface area contributed by atoms with E-state index in [0.29, 0.717) is 12.0 Å². The Bertz CT molecular complexity index is 733. The van der Waals surface area contributed by atoms with Gasteiger partial charge in [0.1, 0.15) is 0 Å². The van der Waals surface area contributed by atoms with E-state index in [1.807, 2.05) is 13.8 Å². The Morgan fingerprint density at radius 3 is 2.62 bits per heavy atom. The van der Waals surface area contributed by atoms with Crippen LogP contribution in [0.15, 0.2) is 18.5 Å². The summed E-state index contributed by atoms with van der Waals surface area (Å²) in [6.45, 7) is 3.86. The third-order valence-corrected chi connectivity index (χ3v) is 6.06. The van der Waals surface area contributed by atoms with E-state index >= 15 is 0 Å². The lowest BCUT2D eigenvalue weighted by molar-refractivity contribution is 0.0747. The zero-order valence-corrected chi connectivity index (χ0v) is 15.0. The second kappa shape index (κ2) is 7.29. The average molecular weight is 353 g/mol. The SMILES string of the molecule is CCC(C)NC(=O)c1cncc(C(=O)N(C)C2CCS(=O)(=O)C2)c1. The molecule has 132 valence electrons. The summed E-state index contributed by atoms with van der Waals surface area (Å²) in [7, 11) is -1.48. The molecule has 1 aliphatic rings. The van der Waals surface area contributed by atoms with Crippen molar-refractivity contribution < 1.29 is 18.0 Å². The molecule has 0 saturated carbocycles. The number of nitrogens with one attached hydrogen (secondary N) is 1. The fourth-order valence-corrected chi connectivity index (χ4v) is 4.31. The third kappa shape index (κ3) is 4.31. The molecule has 2 amide bonds. The molecule has 1 aromatic heterocycles. The quantitative estimate of drug-likeness (QED) is 0.847. The number of rotatable bonds is 5. The lowest BCUT2D eigenvalue weighted by Gasteiger charge is -2.23. The van der Waals surface area contributed by atoms with E-state index in [2.05, 4.69) is 10.3 Å². The number of amides is 2. The van der Waals surface area contributed by atoms with Crippen LogP contribution in [-0.2, 0) is 9.84 Å². The maximum Gasteiger partial charge on any atom is 0.255 e. The van der Waals surface area contributed by atoms with E-state index in [-0.39, 0.29) is 41.0 Å². The van der Waals surface area contributed by atoms with Crippen LogP contribution in [-0.4, -0.2) is 60.8 Å². The minimum absolute atomic E-state index is 0.0170. The van der Waals surface area contributed by atoms with Crippen molar-refractivity contribution in [3.8, 4) is 0 Å². The van der Waals surface area contributed by atoms with E-state index in [4.69, 9.17) is 0 Å². The molecule has 2 atom stereocenters. The van der Waals surface area contributed by atoms with Gasteiger partial charge in [-0.15, -0.1) is 0 Å². The fourth-order valence-electron chi connectivity index (χ4n) is 2.54. The van der Waals surface area contributed by atoms with Crippen LogP contribution < -0.4 is 5.32 Å². The Hall–Kier alpha value is -1.96. The molecule has 0 bridgehead atoms. The fraction of sp³-hybridized carbons (Fsp3) is 0.562. The van der Waals surface area contributed by atoms with E-state index < -0.39 is 9.84 Å². The number of nitrogens with zero attached hydrogens (tertiary/aromatic N) is 2. The number of hydrogen-bond donors (Lipinski definition) is 1. The third-order valence-electron chi connectivity index (χ3n) is 4.31. The summed E-state index contributed by atoms with van der Waals surface area (Å²) in [4.78, 5) is 30.1. The van der Waals surface area contributed by atoms with E-state index in [1.165, 1.54) is 23.4 Å². The van der Waals surface area contributed by atoms with Crippen LogP contribution in [0.1, 0.15) is 47.4 Å². The molecule has 1 saturated heterocycles. The zero-order valence-electron chi connectivity index (χ0n) is 14.2. The van der Waals surface area contributed by atoms with Gasteiger partial charge in [-0.05, 0) is 25.8 Å².